The molecule has 17 heavy (non-hydrogen) atoms. The molecule has 2 bridgehead atoms. The van der Waals surface area contributed by atoms with E-state index in [-0.39, 0.29) is 0 Å². The van der Waals surface area contributed by atoms with E-state index in [2.05, 4.69) is 40.0 Å². The van der Waals surface area contributed by atoms with E-state index < -0.39 is 0 Å². The monoisotopic (exact) mass is 313 g/mol. The summed E-state index contributed by atoms with van der Waals surface area (Å²) in [6.07, 6.45) is 6.06. The highest BCUT2D eigenvalue weighted by atomic mass is 79.9. The van der Waals surface area contributed by atoms with Gasteiger partial charge >= 0.3 is 0 Å². The van der Waals surface area contributed by atoms with E-state index in [0.717, 1.165) is 24.3 Å². The molecule has 1 aromatic rings. The summed E-state index contributed by atoms with van der Waals surface area (Å²) in [6, 6.07) is 4.40. The summed E-state index contributed by atoms with van der Waals surface area (Å²) < 4.78 is 1.25. The minimum atomic E-state index is 0.988. The second-order valence-corrected chi connectivity index (χ2v) is 8.39. The van der Waals surface area contributed by atoms with Crippen LogP contribution in [0.3, 0.4) is 0 Å². The van der Waals surface area contributed by atoms with Crippen molar-refractivity contribution in [2.24, 2.45) is 17.8 Å². The Morgan fingerprint density at radius 3 is 2.82 bits per heavy atom. The Kier molecular flexibility index (Phi) is 3.60. The molecule has 0 saturated heterocycles. The molecule has 2 aliphatic rings. The van der Waals surface area contributed by atoms with E-state index in [9.17, 15) is 0 Å². The van der Waals surface area contributed by atoms with Gasteiger partial charge in [0.15, 0.2) is 0 Å². The third-order valence-electron chi connectivity index (χ3n) is 4.49. The van der Waals surface area contributed by atoms with Crippen molar-refractivity contribution in [1.29, 1.82) is 0 Å². The van der Waals surface area contributed by atoms with Crippen molar-refractivity contribution in [2.45, 2.75) is 32.2 Å². The molecule has 3 unspecified atom stereocenters. The lowest BCUT2D eigenvalue weighted by Crippen LogP contribution is -2.28. The Balaban J connectivity index is 1.52. The first-order valence-corrected chi connectivity index (χ1v) is 8.24. The first kappa shape index (κ1) is 12.2. The van der Waals surface area contributed by atoms with Gasteiger partial charge in [-0.1, -0.05) is 6.42 Å². The zero-order chi connectivity index (χ0) is 11.8. The predicted octanol–water partition coefficient (Wildman–Crippen LogP) is 4.38. The second kappa shape index (κ2) is 5.02. The number of nitrogens with zero attached hydrogens (tertiary/aromatic N) is 1. The molecule has 94 valence electrons. The normalized spacial score (nSPS) is 31.6. The second-order valence-electron chi connectivity index (χ2n) is 5.84. The van der Waals surface area contributed by atoms with Crippen LogP contribution in [0.1, 0.15) is 30.6 Å². The maximum atomic E-state index is 3.54. The van der Waals surface area contributed by atoms with Crippen molar-refractivity contribution in [1.82, 2.24) is 4.90 Å². The van der Waals surface area contributed by atoms with E-state index >= 15 is 0 Å². The fourth-order valence-electron chi connectivity index (χ4n) is 3.77. The Morgan fingerprint density at radius 2 is 2.24 bits per heavy atom. The summed E-state index contributed by atoms with van der Waals surface area (Å²) in [6.45, 7) is 2.42. The van der Waals surface area contributed by atoms with Gasteiger partial charge in [0.05, 0.1) is 3.79 Å². The molecule has 1 heterocycles. The molecule has 3 heteroatoms. The van der Waals surface area contributed by atoms with E-state index in [1.807, 2.05) is 11.3 Å². The number of thiophene rings is 1. The average molecular weight is 314 g/mol. The smallest absolute Gasteiger partial charge is 0.0701 e. The maximum Gasteiger partial charge on any atom is 0.0701 e. The minimum Gasteiger partial charge on any atom is -0.301 e. The molecular weight excluding hydrogens is 294 g/mol. The molecule has 0 aromatic carbocycles. The Hall–Kier alpha value is 0.140. The fraction of sp³-hybridized carbons (Fsp3) is 0.714. The molecule has 2 aliphatic carbocycles. The maximum absolute atomic E-state index is 3.54. The molecule has 1 nitrogen and oxygen atoms in total. The molecule has 0 amide bonds. The lowest BCUT2D eigenvalue weighted by Gasteiger charge is -2.26. The molecule has 0 spiro atoms. The fourth-order valence-corrected chi connectivity index (χ4v) is 5.33. The SMILES string of the molecule is CN(Cc1ccc(Br)s1)CC1CC2CCC1C2. The highest BCUT2D eigenvalue weighted by Gasteiger charge is 2.39. The van der Waals surface area contributed by atoms with Gasteiger partial charge in [0.1, 0.15) is 0 Å². The summed E-state index contributed by atoms with van der Waals surface area (Å²) >= 11 is 5.40. The zero-order valence-corrected chi connectivity index (χ0v) is 12.8. The average Bonchev–Trinajstić information content (AvgIpc) is 2.95. The van der Waals surface area contributed by atoms with Crippen LogP contribution in [0.15, 0.2) is 15.9 Å². The van der Waals surface area contributed by atoms with Crippen LogP contribution in [0.5, 0.6) is 0 Å². The molecule has 0 radical (unpaired) electrons. The lowest BCUT2D eigenvalue weighted by molar-refractivity contribution is 0.216. The molecule has 2 fully saturated rings. The van der Waals surface area contributed by atoms with Gasteiger partial charge in [-0.2, -0.15) is 0 Å². The van der Waals surface area contributed by atoms with Crippen LogP contribution < -0.4 is 0 Å². The van der Waals surface area contributed by atoms with Gasteiger partial charge in [0.2, 0.25) is 0 Å². The third kappa shape index (κ3) is 2.77. The minimum absolute atomic E-state index is 0.988. The van der Waals surface area contributed by atoms with E-state index in [1.165, 1.54) is 40.9 Å². The van der Waals surface area contributed by atoms with Crippen molar-refractivity contribution in [2.75, 3.05) is 13.6 Å². The van der Waals surface area contributed by atoms with E-state index in [4.69, 9.17) is 0 Å². The molecule has 3 rings (SSSR count). The molecule has 0 aliphatic heterocycles. The molecule has 0 N–H and O–H groups in total. The first-order valence-electron chi connectivity index (χ1n) is 6.63. The molecular formula is C14H20BrNS. The van der Waals surface area contributed by atoms with Crippen molar-refractivity contribution in [3.63, 3.8) is 0 Å². The predicted molar refractivity (Wildman–Crippen MR) is 77.3 cm³/mol. The number of hydrogen-bond donors (Lipinski definition) is 0. The standard InChI is InChI=1S/C14H20BrNS/c1-16(9-13-4-5-14(15)17-13)8-12-7-10-2-3-11(12)6-10/h4-5,10-12H,2-3,6-9H2,1H3. The van der Waals surface area contributed by atoms with Crippen LogP contribution in [0.4, 0.5) is 0 Å². The Labute approximate surface area is 116 Å². The summed E-state index contributed by atoms with van der Waals surface area (Å²) in [5.41, 5.74) is 0. The van der Waals surface area contributed by atoms with Gasteiger partial charge in [-0.3, -0.25) is 0 Å². The van der Waals surface area contributed by atoms with Crippen molar-refractivity contribution < 1.29 is 0 Å². The van der Waals surface area contributed by atoms with Crippen LogP contribution in [0.25, 0.3) is 0 Å². The number of hydrogen-bond acceptors (Lipinski definition) is 2. The quantitative estimate of drug-likeness (QED) is 0.797. The van der Waals surface area contributed by atoms with E-state index in [1.54, 1.807) is 0 Å². The van der Waals surface area contributed by atoms with Crippen molar-refractivity contribution in [3.05, 3.63) is 20.8 Å². The van der Waals surface area contributed by atoms with Crippen molar-refractivity contribution in [3.8, 4) is 0 Å². The first-order chi connectivity index (χ1) is 8.20. The lowest BCUT2D eigenvalue weighted by atomic mass is 9.88. The summed E-state index contributed by atoms with van der Waals surface area (Å²) in [7, 11) is 2.28. The Bertz CT molecular complexity index is 389. The van der Waals surface area contributed by atoms with Crippen LogP contribution in [-0.4, -0.2) is 18.5 Å². The summed E-state index contributed by atoms with van der Waals surface area (Å²) in [5, 5.41) is 0. The topological polar surface area (TPSA) is 3.24 Å². The molecule has 2 saturated carbocycles. The van der Waals surface area contributed by atoms with Crippen molar-refractivity contribution >= 4 is 27.3 Å². The van der Waals surface area contributed by atoms with Crippen LogP contribution in [0.2, 0.25) is 0 Å². The number of halogens is 1. The Morgan fingerprint density at radius 1 is 1.35 bits per heavy atom. The number of rotatable bonds is 4. The largest absolute Gasteiger partial charge is 0.301 e. The van der Waals surface area contributed by atoms with Crippen LogP contribution in [0, 0.1) is 17.8 Å². The van der Waals surface area contributed by atoms with E-state index in [0.29, 0.717) is 0 Å². The summed E-state index contributed by atoms with van der Waals surface area (Å²) in [4.78, 5) is 3.99. The van der Waals surface area contributed by atoms with Gasteiger partial charge in [0, 0.05) is 18.0 Å². The highest BCUT2D eigenvalue weighted by molar-refractivity contribution is 9.11. The van der Waals surface area contributed by atoms with Gasteiger partial charge in [-0.25, -0.2) is 0 Å². The third-order valence-corrected chi connectivity index (χ3v) is 6.09. The molecule has 3 atom stereocenters. The van der Waals surface area contributed by atoms with Crippen LogP contribution >= 0.6 is 27.3 Å². The number of fused-ring (bicyclic) bond motifs is 2. The van der Waals surface area contributed by atoms with Gasteiger partial charge < -0.3 is 4.90 Å². The highest BCUT2D eigenvalue weighted by Crippen LogP contribution is 2.48. The zero-order valence-electron chi connectivity index (χ0n) is 10.4. The van der Waals surface area contributed by atoms with Crippen LogP contribution in [-0.2, 0) is 6.54 Å². The van der Waals surface area contributed by atoms with Gasteiger partial charge in [-0.15, -0.1) is 11.3 Å². The molecule has 1 aromatic heterocycles. The van der Waals surface area contributed by atoms with Gasteiger partial charge in [0.25, 0.3) is 0 Å². The van der Waals surface area contributed by atoms with Gasteiger partial charge in [-0.05, 0) is 72.1 Å². The summed E-state index contributed by atoms with van der Waals surface area (Å²) in [5.74, 6) is 3.12.